The quantitative estimate of drug-likeness (QED) is 0.438. The van der Waals surface area contributed by atoms with Gasteiger partial charge in [0.25, 0.3) is 0 Å². The Labute approximate surface area is 135 Å². The number of rotatable bonds is 10. The summed E-state index contributed by atoms with van der Waals surface area (Å²) < 4.78 is 15.5. The van der Waals surface area contributed by atoms with Crippen LogP contribution in [0.25, 0.3) is 0 Å². The van der Waals surface area contributed by atoms with Gasteiger partial charge in [0.15, 0.2) is 0 Å². The van der Waals surface area contributed by atoms with Gasteiger partial charge in [-0.05, 0) is 17.7 Å². The first kappa shape index (κ1) is 18.8. The lowest BCUT2D eigenvalue weighted by Gasteiger charge is -2.22. The van der Waals surface area contributed by atoms with Crippen molar-refractivity contribution in [1.29, 1.82) is 0 Å². The molecule has 0 amide bonds. The highest BCUT2D eigenvalue weighted by atomic mass is 32.1. The fourth-order valence-corrected chi connectivity index (χ4v) is 2.00. The van der Waals surface area contributed by atoms with Crippen LogP contribution < -0.4 is 4.74 Å². The Morgan fingerprint density at radius 2 is 2.14 bits per heavy atom. The average Bonchev–Trinajstić information content (AvgIpc) is 2.56. The maximum Gasteiger partial charge on any atom is 0.315 e. The number of carbonyl (C=O) groups excluding carboxylic acids is 1. The molecule has 0 aliphatic heterocycles. The van der Waals surface area contributed by atoms with Crippen molar-refractivity contribution in [2.75, 3.05) is 32.7 Å². The molecule has 2 N–H and O–H groups in total. The Balaban J connectivity index is 2.62. The molecular weight excluding hydrogens is 308 g/mol. The van der Waals surface area contributed by atoms with Crippen LogP contribution in [0.4, 0.5) is 0 Å². The normalized spacial score (nSPS) is 13.5. The molecule has 1 aromatic rings. The van der Waals surface area contributed by atoms with E-state index in [1.54, 1.807) is 24.3 Å². The third kappa shape index (κ3) is 6.23. The second kappa shape index (κ2) is 10.4. The molecule has 0 saturated carbocycles. The van der Waals surface area contributed by atoms with Gasteiger partial charge in [0.1, 0.15) is 18.5 Å². The van der Waals surface area contributed by atoms with Crippen LogP contribution in [0.1, 0.15) is 18.1 Å². The first-order chi connectivity index (χ1) is 10.6. The Hall–Kier alpha value is -1.28. The zero-order valence-corrected chi connectivity index (χ0v) is 13.4. The van der Waals surface area contributed by atoms with Gasteiger partial charge in [-0.3, -0.25) is 4.79 Å². The summed E-state index contributed by atoms with van der Waals surface area (Å²) in [5, 5.41) is 19.1. The number of aliphatic hydroxyl groups excluding tert-OH is 2. The van der Waals surface area contributed by atoms with Crippen LogP contribution >= 0.6 is 12.6 Å². The van der Waals surface area contributed by atoms with Gasteiger partial charge in [-0.1, -0.05) is 12.1 Å². The SMILES string of the molecule is CO[C@H](CCOC(=O)CS)[C@H](O)c1cccc(OCCO)c1. The van der Waals surface area contributed by atoms with Crippen molar-refractivity contribution < 1.29 is 29.2 Å². The predicted molar refractivity (Wildman–Crippen MR) is 84.2 cm³/mol. The van der Waals surface area contributed by atoms with Gasteiger partial charge in [0, 0.05) is 13.5 Å². The Bertz CT molecular complexity index is 453. The summed E-state index contributed by atoms with van der Waals surface area (Å²) in [6, 6.07) is 6.93. The molecule has 0 unspecified atom stereocenters. The summed E-state index contributed by atoms with van der Waals surface area (Å²) >= 11 is 3.81. The van der Waals surface area contributed by atoms with Crippen molar-refractivity contribution in [2.24, 2.45) is 0 Å². The van der Waals surface area contributed by atoms with Crippen LogP contribution in [0.2, 0.25) is 0 Å². The Morgan fingerprint density at radius 1 is 1.36 bits per heavy atom. The summed E-state index contributed by atoms with van der Waals surface area (Å²) in [7, 11) is 1.49. The van der Waals surface area contributed by atoms with Crippen molar-refractivity contribution in [3.63, 3.8) is 0 Å². The van der Waals surface area contributed by atoms with Crippen LogP contribution in [-0.4, -0.2) is 55.0 Å². The molecule has 22 heavy (non-hydrogen) atoms. The Morgan fingerprint density at radius 3 is 2.77 bits per heavy atom. The molecule has 0 saturated heterocycles. The van der Waals surface area contributed by atoms with Gasteiger partial charge in [-0.2, -0.15) is 12.6 Å². The summed E-state index contributed by atoms with van der Waals surface area (Å²) in [5.41, 5.74) is 0.628. The number of benzene rings is 1. The molecule has 1 rings (SSSR count). The van der Waals surface area contributed by atoms with E-state index in [0.717, 1.165) is 0 Å². The molecule has 1 aromatic carbocycles. The standard InChI is InChI=1S/C15H22O6S/c1-19-13(5-7-21-14(17)10-22)15(18)11-3-2-4-12(9-11)20-8-6-16/h2-4,9,13,15-16,18,22H,5-8,10H2,1H3/t13-,15-/m1/s1. The molecule has 0 radical (unpaired) electrons. The lowest BCUT2D eigenvalue weighted by atomic mass is 10.0. The van der Waals surface area contributed by atoms with Crippen molar-refractivity contribution >= 4 is 18.6 Å². The monoisotopic (exact) mass is 330 g/mol. The fourth-order valence-electron chi connectivity index (χ4n) is 1.91. The van der Waals surface area contributed by atoms with E-state index in [2.05, 4.69) is 12.6 Å². The Kier molecular flexibility index (Phi) is 8.91. The van der Waals surface area contributed by atoms with E-state index in [1.807, 2.05) is 0 Å². The first-order valence-electron chi connectivity index (χ1n) is 6.93. The van der Waals surface area contributed by atoms with E-state index in [-0.39, 0.29) is 25.6 Å². The van der Waals surface area contributed by atoms with E-state index in [1.165, 1.54) is 7.11 Å². The van der Waals surface area contributed by atoms with Gasteiger partial charge in [-0.25, -0.2) is 0 Å². The minimum absolute atomic E-state index is 0.0183. The van der Waals surface area contributed by atoms with E-state index >= 15 is 0 Å². The molecule has 0 bridgehead atoms. The first-order valence-corrected chi connectivity index (χ1v) is 7.56. The van der Waals surface area contributed by atoms with Gasteiger partial charge >= 0.3 is 5.97 Å². The summed E-state index contributed by atoms with van der Waals surface area (Å²) in [6.07, 6.45) is -1.03. The molecule has 0 aliphatic rings. The van der Waals surface area contributed by atoms with Crippen LogP contribution in [0.3, 0.4) is 0 Å². The smallest absolute Gasteiger partial charge is 0.315 e. The number of carbonyl (C=O) groups is 1. The summed E-state index contributed by atoms with van der Waals surface area (Å²) in [6.45, 7) is 0.257. The number of esters is 1. The lowest BCUT2D eigenvalue weighted by molar-refractivity contribution is -0.141. The van der Waals surface area contributed by atoms with Crippen LogP contribution in [0.5, 0.6) is 5.75 Å². The summed E-state index contributed by atoms with van der Waals surface area (Å²) in [5.74, 6) is 0.166. The van der Waals surface area contributed by atoms with E-state index in [4.69, 9.17) is 19.3 Å². The highest BCUT2D eigenvalue weighted by Crippen LogP contribution is 2.24. The van der Waals surface area contributed by atoms with Crippen LogP contribution in [0, 0.1) is 0 Å². The molecule has 0 aliphatic carbocycles. The average molecular weight is 330 g/mol. The second-order valence-electron chi connectivity index (χ2n) is 4.53. The number of hydrogen-bond donors (Lipinski definition) is 3. The minimum Gasteiger partial charge on any atom is -0.491 e. The molecule has 0 spiro atoms. The highest BCUT2D eigenvalue weighted by molar-refractivity contribution is 7.81. The number of hydrogen-bond acceptors (Lipinski definition) is 7. The molecule has 0 heterocycles. The second-order valence-corrected chi connectivity index (χ2v) is 4.85. The maximum atomic E-state index is 11.0. The van der Waals surface area contributed by atoms with E-state index in [0.29, 0.717) is 17.7 Å². The minimum atomic E-state index is -0.877. The molecule has 0 fully saturated rings. The number of aliphatic hydroxyl groups is 2. The molecule has 124 valence electrons. The third-order valence-electron chi connectivity index (χ3n) is 3.01. The lowest BCUT2D eigenvalue weighted by Crippen LogP contribution is -2.23. The number of methoxy groups -OCH3 is 1. The van der Waals surface area contributed by atoms with E-state index in [9.17, 15) is 9.90 Å². The van der Waals surface area contributed by atoms with Crippen molar-refractivity contribution in [3.05, 3.63) is 29.8 Å². The fraction of sp³-hybridized carbons (Fsp3) is 0.533. The zero-order chi connectivity index (χ0) is 16.4. The number of ether oxygens (including phenoxy) is 3. The third-order valence-corrected chi connectivity index (χ3v) is 3.27. The summed E-state index contributed by atoms with van der Waals surface area (Å²) in [4.78, 5) is 11.0. The largest absolute Gasteiger partial charge is 0.491 e. The van der Waals surface area contributed by atoms with Crippen LogP contribution in [-0.2, 0) is 14.3 Å². The number of thiol groups is 1. The molecule has 2 atom stereocenters. The van der Waals surface area contributed by atoms with Crippen molar-refractivity contribution in [1.82, 2.24) is 0 Å². The van der Waals surface area contributed by atoms with Crippen molar-refractivity contribution in [2.45, 2.75) is 18.6 Å². The van der Waals surface area contributed by atoms with Crippen LogP contribution in [0.15, 0.2) is 24.3 Å². The topological polar surface area (TPSA) is 85.2 Å². The molecule has 6 nitrogen and oxygen atoms in total. The van der Waals surface area contributed by atoms with E-state index < -0.39 is 18.2 Å². The van der Waals surface area contributed by atoms with Gasteiger partial charge in [0.05, 0.1) is 25.1 Å². The highest BCUT2D eigenvalue weighted by Gasteiger charge is 2.21. The predicted octanol–water partition coefficient (Wildman–Crippen LogP) is 0.969. The molecule has 0 aromatic heterocycles. The maximum absolute atomic E-state index is 11.0. The molecule has 7 heteroatoms. The zero-order valence-electron chi connectivity index (χ0n) is 12.5. The van der Waals surface area contributed by atoms with Gasteiger partial charge in [-0.15, -0.1) is 0 Å². The van der Waals surface area contributed by atoms with Gasteiger partial charge < -0.3 is 24.4 Å². The van der Waals surface area contributed by atoms with Gasteiger partial charge in [0.2, 0.25) is 0 Å². The molecular formula is C15H22O6S. The van der Waals surface area contributed by atoms with Crippen molar-refractivity contribution in [3.8, 4) is 5.75 Å².